The lowest BCUT2D eigenvalue weighted by Gasteiger charge is -2.35. The van der Waals surface area contributed by atoms with E-state index in [0.717, 1.165) is 5.69 Å². The molecular formula is C18H18ClN5O5. The smallest absolute Gasteiger partial charge is 0.292 e. The van der Waals surface area contributed by atoms with E-state index in [1.54, 1.807) is 12.1 Å². The Hall–Kier alpha value is -3.24. The van der Waals surface area contributed by atoms with E-state index in [1.165, 1.54) is 30.3 Å². The minimum atomic E-state index is -0.574. The average molecular weight is 420 g/mol. The van der Waals surface area contributed by atoms with Crippen LogP contribution in [-0.2, 0) is 4.79 Å². The highest BCUT2D eigenvalue weighted by molar-refractivity contribution is 6.31. The number of nitrogens with zero attached hydrogens (tertiary/aromatic N) is 4. The SMILES string of the molecule is O=C(CN1CCN(c2ccc([N+](=O)[O-])cc2)CC1)Nc1cc(Cl)ccc1[N+](=O)[O-]. The highest BCUT2D eigenvalue weighted by atomic mass is 35.5. The molecule has 0 saturated carbocycles. The monoisotopic (exact) mass is 419 g/mol. The fraction of sp³-hybridized carbons (Fsp3) is 0.278. The Kier molecular flexibility index (Phi) is 6.25. The summed E-state index contributed by atoms with van der Waals surface area (Å²) in [6.45, 7) is 2.63. The first kappa shape index (κ1) is 20.5. The molecule has 0 bridgehead atoms. The van der Waals surface area contributed by atoms with E-state index in [2.05, 4.69) is 10.2 Å². The molecule has 1 heterocycles. The molecule has 11 heteroatoms. The highest BCUT2D eigenvalue weighted by Crippen LogP contribution is 2.27. The maximum absolute atomic E-state index is 12.3. The Balaban J connectivity index is 1.54. The number of carbonyl (C=O) groups is 1. The molecule has 1 fully saturated rings. The first-order valence-electron chi connectivity index (χ1n) is 8.79. The van der Waals surface area contributed by atoms with Crippen molar-refractivity contribution in [1.82, 2.24) is 4.90 Å². The topological polar surface area (TPSA) is 122 Å². The molecular weight excluding hydrogens is 402 g/mol. The van der Waals surface area contributed by atoms with Crippen molar-refractivity contribution in [3.8, 4) is 0 Å². The second kappa shape index (κ2) is 8.84. The molecule has 1 N–H and O–H groups in total. The Labute approximate surface area is 171 Å². The second-order valence-electron chi connectivity index (χ2n) is 6.50. The van der Waals surface area contributed by atoms with E-state index in [4.69, 9.17) is 11.6 Å². The number of halogens is 1. The van der Waals surface area contributed by atoms with Crippen molar-refractivity contribution in [2.24, 2.45) is 0 Å². The predicted molar refractivity (Wildman–Crippen MR) is 108 cm³/mol. The number of hydrogen-bond acceptors (Lipinski definition) is 7. The van der Waals surface area contributed by atoms with Gasteiger partial charge in [-0.15, -0.1) is 0 Å². The van der Waals surface area contributed by atoms with Crippen LogP contribution in [0.4, 0.5) is 22.7 Å². The summed E-state index contributed by atoms with van der Waals surface area (Å²) in [5.41, 5.74) is 0.774. The number of amides is 1. The van der Waals surface area contributed by atoms with Crippen LogP contribution in [0, 0.1) is 20.2 Å². The van der Waals surface area contributed by atoms with Gasteiger partial charge in [-0.1, -0.05) is 11.6 Å². The lowest BCUT2D eigenvalue weighted by molar-refractivity contribution is -0.384. The van der Waals surface area contributed by atoms with Gasteiger partial charge in [-0.25, -0.2) is 0 Å². The third kappa shape index (κ3) is 5.18. The molecule has 29 heavy (non-hydrogen) atoms. The molecule has 1 aliphatic rings. The van der Waals surface area contributed by atoms with Crippen molar-refractivity contribution in [1.29, 1.82) is 0 Å². The Bertz CT molecular complexity index is 929. The summed E-state index contributed by atoms with van der Waals surface area (Å²) in [6, 6.07) is 10.3. The van der Waals surface area contributed by atoms with Gasteiger partial charge in [0.25, 0.3) is 11.4 Å². The third-order valence-corrected chi connectivity index (χ3v) is 4.83. The summed E-state index contributed by atoms with van der Waals surface area (Å²) >= 11 is 5.87. The van der Waals surface area contributed by atoms with Crippen molar-refractivity contribution in [2.45, 2.75) is 0 Å². The number of nitrogens with one attached hydrogen (secondary N) is 1. The van der Waals surface area contributed by atoms with E-state index in [1.807, 2.05) is 4.90 Å². The lowest BCUT2D eigenvalue weighted by atomic mass is 10.2. The van der Waals surface area contributed by atoms with E-state index in [9.17, 15) is 25.0 Å². The molecule has 3 rings (SSSR count). The first-order chi connectivity index (χ1) is 13.8. The van der Waals surface area contributed by atoms with Gasteiger partial charge < -0.3 is 10.2 Å². The molecule has 0 radical (unpaired) electrons. The van der Waals surface area contributed by atoms with Crippen LogP contribution in [-0.4, -0.2) is 53.4 Å². The number of hydrogen-bond donors (Lipinski definition) is 1. The largest absolute Gasteiger partial charge is 0.369 e. The number of nitro groups is 2. The van der Waals surface area contributed by atoms with Gasteiger partial charge in [0.05, 0.1) is 16.4 Å². The van der Waals surface area contributed by atoms with Crippen molar-refractivity contribution < 1.29 is 14.6 Å². The quantitative estimate of drug-likeness (QED) is 0.564. The fourth-order valence-corrected chi connectivity index (χ4v) is 3.28. The molecule has 152 valence electrons. The average Bonchev–Trinajstić information content (AvgIpc) is 2.68. The van der Waals surface area contributed by atoms with Crippen LogP contribution < -0.4 is 10.2 Å². The minimum Gasteiger partial charge on any atom is -0.369 e. The summed E-state index contributed by atoms with van der Waals surface area (Å²) in [5, 5.41) is 24.7. The molecule has 2 aromatic carbocycles. The standard InChI is InChI=1S/C18H18ClN5O5/c19-13-1-6-17(24(28)29)16(11-13)20-18(25)12-21-7-9-22(10-8-21)14-2-4-15(5-3-14)23(26)27/h1-6,11H,7-10,12H2,(H,20,25). The van der Waals surface area contributed by atoms with Crippen LogP contribution in [0.1, 0.15) is 0 Å². The first-order valence-corrected chi connectivity index (χ1v) is 9.17. The summed E-state index contributed by atoms with van der Waals surface area (Å²) in [7, 11) is 0. The van der Waals surface area contributed by atoms with Gasteiger partial charge in [0.2, 0.25) is 5.91 Å². The van der Waals surface area contributed by atoms with Gasteiger partial charge in [0.1, 0.15) is 5.69 Å². The molecule has 1 amide bonds. The van der Waals surface area contributed by atoms with Gasteiger partial charge in [0.15, 0.2) is 0 Å². The predicted octanol–water partition coefficient (Wildman–Crippen LogP) is 2.92. The molecule has 1 saturated heterocycles. The van der Waals surface area contributed by atoms with Crippen LogP contribution in [0.5, 0.6) is 0 Å². The molecule has 0 unspecified atom stereocenters. The van der Waals surface area contributed by atoms with E-state index in [-0.39, 0.29) is 29.5 Å². The van der Waals surface area contributed by atoms with Gasteiger partial charge in [0, 0.05) is 55.1 Å². The molecule has 1 aliphatic heterocycles. The summed E-state index contributed by atoms with van der Waals surface area (Å²) in [6.07, 6.45) is 0. The molecule has 0 aliphatic carbocycles. The number of non-ortho nitro benzene ring substituents is 1. The van der Waals surface area contributed by atoms with Crippen LogP contribution >= 0.6 is 11.6 Å². The zero-order valence-corrected chi connectivity index (χ0v) is 16.0. The van der Waals surface area contributed by atoms with Crippen molar-refractivity contribution in [3.63, 3.8) is 0 Å². The molecule has 10 nitrogen and oxygen atoms in total. The summed E-state index contributed by atoms with van der Waals surface area (Å²) in [5.74, 6) is -0.362. The maximum atomic E-state index is 12.3. The number of rotatable bonds is 6. The second-order valence-corrected chi connectivity index (χ2v) is 6.94. The molecule has 2 aromatic rings. The van der Waals surface area contributed by atoms with Crippen molar-refractivity contribution in [2.75, 3.05) is 42.9 Å². The number of piperazine rings is 1. The Morgan fingerprint density at radius 3 is 2.24 bits per heavy atom. The number of carbonyl (C=O) groups excluding carboxylic acids is 1. The van der Waals surface area contributed by atoms with Crippen LogP contribution in [0.3, 0.4) is 0 Å². The van der Waals surface area contributed by atoms with Gasteiger partial charge in [-0.3, -0.25) is 29.9 Å². The van der Waals surface area contributed by atoms with Crippen LogP contribution in [0.15, 0.2) is 42.5 Å². The normalized spacial score (nSPS) is 14.4. The van der Waals surface area contributed by atoms with Crippen LogP contribution in [0.25, 0.3) is 0 Å². The third-order valence-electron chi connectivity index (χ3n) is 4.59. The number of benzene rings is 2. The zero-order chi connectivity index (χ0) is 21.0. The van der Waals surface area contributed by atoms with E-state index in [0.29, 0.717) is 31.2 Å². The maximum Gasteiger partial charge on any atom is 0.292 e. The lowest BCUT2D eigenvalue weighted by Crippen LogP contribution is -2.48. The molecule has 0 atom stereocenters. The fourth-order valence-electron chi connectivity index (χ4n) is 3.11. The van der Waals surface area contributed by atoms with Gasteiger partial charge >= 0.3 is 0 Å². The van der Waals surface area contributed by atoms with Crippen molar-refractivity contribution in [3.05, 3.63) is 67.7 Å². The zero-order valence-electron chi connectivity index (χ0n) is 15.3. The number of anilines is 2. The van der Waals surface area contributed by atoms with Gasteiger partial charge in [-0.2, -0.15) is 0 Å². The number of nitro benzene ring substituents is 2. The summed E-state index contributed by atoms with van der Waals surface area (Å²) < 4.78 is 0. The van der Waals surface area contributed by atoms with E-state index >= 15 is 0 Å². The van der Waals surface area contributed by atoms with Crippen molar-refractivity contribution >= 4 is 40.3 Å². The highest BCUT2D eigenvalue weighted by Gasteiger charge is 2.22. The Morgan fingerprint density at radius 1 is 1.00 bits per heavy atom. The van der Waals surface area contributed by atoms with Gasteiger partial charge in [-0.05, 0) is 24.3 Å². The molecule has 0 spiro atoms. The summed E-state index contributed by atoms with van der Waals surface area (Å²) in [4.78, 5) is 37.2. The van der Waals surface area contributed by atoms with Crippen LogP contribution in [0.2, 0.25) is 5.02 Å². The Morgan fingerprint density at radius 2 is 1.66 bits per heavy atom. The minimum absolute atomic E-state index is 0.0409. The van der Waals surface area contributed by atoms with E-state index < -0.39 is 9.85 Å². The molecule has 0 aromatic heterocycles.